The van der Waals surface area contributed by atoms with E-state index in [-0.39, 0.29) is 5.91 Å². The molecule has 42 heavy (non-hydrogen) atoms. The summed E-state index contributed by atoms with van der Waals surface area (Å²) in [6, 6.07) is 8.57. The molecule has 2 fully saturated rings. The van der Waals surface area contributed by atoms with Gasteiger partial charge in [0.2, 0.25) is 0 Å². The first kappa shape index (κ1) is 31.1. The fourth-order valence-electron chi connectivity index (χ4n) is 5.58. The Labute approximate surface area is 248 Å². The van der Waals surface area contributed by atoms with Gasteiger partial charge in [0.1, 0.15) is 23.4 Å². The van der Waals surface area contributed by atoms with E-state index in [2.05, 4.69) is 33.4 Å². The number of hydrogen-bond acceptors (Lipinski definition) is 9. The molecule has 0 unspecified atom stereocenters. The summed E-state index contributed by atoms with van der Waals surface area (Å²) in [6.07, 6.45) is 4.54. The summed E-state index contributed by atoms with van der Waals surface area (Å²) in [6.45, 7) is 12.5. The van der Waals surface area contributed by atoms with Gasteiger partial charge in [-0.25, -0.2) is 4.79 Å². The van der Waals surface area contributed by atoms with Crippen LogP contribution in [0.2, 0.25) is 0 Å². The van der Waals surface area contributed by atoms with Crippen molar-refractivity contribution in [2.45, 2.75) is 90.8 Å². The molecule has 0 aliphatic carbocycles. The molecule has 2 aromatic rings. The smallest absolute Gasteiger partial charge is 0.408 e. The molecule has 2 saturated heterocycles. The molecule has 0 radical (unpaired) electrons. The van der Waals surface area contributed by atoms with Crippen molar-refractivity contribution >= 4 is 18.0 Å². The highest BCUT2D eigenvalue weighted by molar-refractivity contribution is 5.87. The van der Waals surface area contributed by atoms with Crippen LogP contribution in [0, 0.1) is 23.2 Å². The first-order chi connectivity index (χ1) is 20.1. The van der Waals surface area contributed by atoms with Crippen molar-refractivity contribution in [3.63, 3.8) is 0 Å². The predicted octanol–water partition coefficient (Wildman–Crippen LogP) is 5.03. The lowest BCUT2D eigenvalue weighted by atomic mass is 9.84. The summed E-state index contributed by atoms with van der Waals surface area (Å²) in [5.41, 5.74) is -0.103. The Hall–Kier alpha value is -3.81. The zero-order valence-electron chi connectivity index (χ0n) is 25.5. The quantitative estimate of drug-likeness (QED) is 0.410. The third-order valence-electron chi connectivity index (χ3n) is 8.04. The molecule has 4 rings (SSSR count). The number of benzene rings is 1. The number of ether oxygens (including phenoxy) is 2. The molecule has 1 N–H and O–H groups in total. The van der Waals surface area contributed by atoms with E-state index in [1.54, 1.807) is 37.8 Å². The lowest BCUT2D eigenvalue weighted by molar-refractivity contribution is -0.133. The third kappa shape index (κ3) is 8.14. The minimum absolute atomic E-state index is 0.316. The van der Waals surface area contributed by atoms with E-state index in [0.29, 0.717) is 48.7 Å². The van der Waals surface area contributed by atoms with Crippen molar-refractivity contribution in [1.82, 2.24) is 20.4 Å². The number of carbonyl (C=O) groups is 2. The van der Waals surface area contributed by atoms with Gasteiger partial charge in [-0.1, -0.05) is 31.1 Å². The molecule has 1 aromatic heterocycles. The fraction of sp³-hybridized carbons (Fsp3) is 0.645. The van der Waals surface area contributed by atoms with Crippen molar-refractivity contribution in [2.24, 2.45) is 11.8 Å². The van der Waals surface area contributed by atoms with Crippen LogP contribution in [-0.4, -0.2) is 64.9 Å². The number of hydrogen-bond donors (Lipinski definition) is 1. The molecule has 3 atom stereocenters. The Bertz CT molecular complexity index is 1230. The van der Waals surface area contributed by atoms with Crippen LogP contribution in [0.25, 0.3) is 0 Å². The number of nitrogens with one attached hydrogen (secondary N) is 1. The highest BCUT2D eigenvalue weighted by Gasteiger charge is 2.35. The average Bonchev–Trinajstić information content (AvgIpc) is 3.65. The summed E-state index contributed by atoms with van der Waals surface area (Å²) in [5.74, 6) is 2.24. The van der Waals surface area contributed by atoms with E-state index < -0.39 is 23.8 Å². The van der Waals surface area contributed by atoms with Gasteiger partial charge in [0.15, 0.2) is 5.82 Å². The molecule has 1 aromatic carbocycles. The van der Waals surface area contributed by atoms with Gasteiger partial charge in [-0.15, -0.1) is 0 Å². The Morgan fingerprint density at radius 2 is 1.88 bits per heavy atom. The number of rotatable bonds is 10. The van der Waals surface area contributed by atoms with E-state index >= 15 is 0 Å². The average molecular weight is 581 g/mol. The number of aryl methyl sites for hydroxylation is 1. The van der Waals surface area contributed by atoms with E-state index in [1.165, 1.54) is 0 Å². The van der Waals surface area contributed by atoms with E-state index in [0.717, 1.165) is 51.0 Å². The van der Waals surface area contributed by atoms with Crippen LogP contribution in [0.4, 0.5) is 10.8 Å². The Morgan fingerprint density at radius 3 is 2.50 bits per heavy atom. The number of amides is 2. The molecule has 2 aliphatic rings. The summed E-state index contributed by atoms with van der Waals surface area (Å²) in [7, 11) is 0. The number of carbonyl (C=O) groups excluding carboxylic acids is 2. The number of aromatic nitrogens is 2. The summed E-state index contributed by atoms with van der Waals surface area (Å²) in [4.78, 5) is 34.3. The summed E-state index contributed by atoms with van der Waals surface area (Å²) in [5, 5.41) is 16.2. The van der Waals surface area contributed by atoms with Crippen LogP contribution in [0.3, 0.4) is 0 Å². The van der Waals surface area contributed by atoms with Crippen LogP contribution in [0.5, 0.6) is 5.75 Å². The molecule has 0 saturated carbocycles. The topological polar surface area (TPSA) is 134 Å². The SMILES string of the molecule is CCc1noc(N2CCC([C@H](C)CCOc3ccc([C@H](NC(=O)OC(C)(C)C)C(=O)N4CCC[C@H]4C#N)cc3)CC2)n1. The molecule has 0 spiro atoms. The highest BCUT2D eigenvalue weighted by Crippen LogP contribution is 2.30. The molecule has 2 amide bonds. The van der Waals surface area contributed by atoms with Gasteiger partial charge in [-0.2, -0.15) is 10.2 Å². The Morgan fingerprint density at radius 1 is 1.17 bits per heavy atom. The Balaban J connectivity index is 1.30. The van der Waals surface area contributed by atoms with Crippen molar-refractivity contribution in [1.29, 1.82) is 5.26 Å². The molecule has 11 nitrogen and oxygen atoms in total. The number of likely N-dealkylation sites (tertiary alicyclic amines) is 1. The Kier molecular flexibility index (Phi) is 10.3. The molecule has 3 heterocycles. The molecular formula is C31H44N6O5. The van der Waals surface area contributed by atoms with Gasteiger partial charge in [-0.3, -0.25) is 4.79 Å². The molecule has 2 aliphatic heterocycles. The summed E-state index contributed by atoms with van der Waals surface area (Å²) >= 11 is 0. The van der Waals surface area contributed by atoms with Crippen LogP contribution < -0.4 is 15.0 Å². The monoisotopic (exact) mass is 580 g/mol. The normalized spacial score (nSPS) is 19.2. The van der Waals surface area contributed by atoms with Gasteiger partial charge in [0.05, 0.1) is 12.7 Å². The largest absolute Gasteiger partial charge is 0.494 e. The second kappa shape index (κ2) is 13.9. The maximum absolute atomic E-state index is 13.5. The van der Waals surface area contributed by atoms with Gasteiger partial charge in [0, 0.05) is 26.1 Å². The molecule has 11 heteroatoms. The second-order valence-electron chi connectivity index (χ2n) is 12.3. The van der Waals surface area contributed by atoms with E-state index in [9.17, 15) is 14.9 Å². The highest BCUT2D eigenvalue weighted by atomic mass is 16.6. The van der Waals surface area contributed by atoms with Crippen molar-refractivity contribution < 1.29 is 23.6 Å². The lowest BCUT2D eigenvalue weighted by Gasteiger charge is -2.33. The van der Waals surface area contributed by atoms with Crippen molar-refractivity contribution in [2.75, 3.05) is 31.1 Å². The van der Waals surface area contributed by atoms with Gasteiger partial charge in [-0.05, 0) is 82.4 Å². The van der Waals surface area contributed by atoms with Crippen molar-refractivity contribution in [3.8, 4) is 11.8 Å². The van der Waals surface area contributed by atoms with Gasteiger partial charge < -0.3 is 29.1 Å². The predicted molar refractivity (Wildman–Crippen MR) is 157 cm³/mol. The van der Waals surface area contributed by atoms with Crippen molar-refractivity contribution in [3.05, 3.63) is 35.7 Å². The lowest BCUT2D eigenvalue weighted by Crippen LogP contribution is -2.45. The van der Waals surface area contributed by atoms with Crippen LogP contribution in [0.1, 0.15) is 84.2 Å². The first-order valence-electron chi connectivity index (χ1n) is 15.1. The second-order valence-corrected chi connectivity index (χ2v) is 12.3. The van der Waals surface area contributed by atoms with E-state index in [4.69, 9.17) is 14.0 Å². The van der Waals surface area contributed by atoms with Crippen LogP contribution >= 0.6 is 0 Å². The van der Waals surface area contributed by atoms with Crippen LogP contribution in [0.15, 0.2) is 28.8 Å². The zero-order chi connectivity index (χ0) is 30.3. The third-order valence-corrected chi connectivity index (χ3v) is 8.04. The maximum atomic E-state index is 13.5. The molecule has 228 valence electrons. The number of alkyl carbamates (subject to hydrolysis) is 1. The fourth-order valence-corrected chi connectivity index (χ4v) is 5.58. The number of nitriles is 1. The standard InChI is InChI=1S/C31H44N6O5/c1-6-26-33-29(42-35-26)36-17-13-22(14-18-36)21(2)15-19-40-25-11-9-23(10-12-25)27(34-30(39)41-31(3,4)5)28(38)37-16-7-8-24(37)20-32/h9-12,21-22,24,27H,6-8,13-19H2,1-5H3,(H,34,39)/t21-,24+,27+/m1/s1. The summed E-state index contributed by atoms with van der Waals surface area (Å²) < 4.78 is 16.9. The van der Waals surface area contributed by atoms with Gasteiger partial charge in [0.25, 0.3) is 5.91 Å². The maximum Gasteiger partial charge on any atom is 0.408 e. The molecule has 0 bridgehead atoms. The number of anilines is 1. The van der Waals surface area contributed by atoms with Crippen LogP contribution in [-0.2, 0) is 16.0 Å². The van der Waals surface area contributed by atoms with E-state index in [1.807, 2.05) is 19.1 Å². The molecular weight excluding hydrogens is 536 g/mol. The minimum atomic E-state index is -0.963. The zero-order valence-corrected chi connectivity index (χ0v) is 25.5. The number of piperidine rings is 1. The number of nitrogens with zero attached hydrogens (tertiary/aromatic N) is 5. The minimum Gasteiger partial charge on any atom is -0.494 e. The first-order valence-corrected chi connectivity index (χ1v) is 15.1. The van der Waals surface area contributed by atoms with Gasteiger partial charge >= 0.3 is 12.1 Å².